The summed E-state index contributed by atoms with van der Waals surface area (Å²) >= 11 is 6.21. The lowest BCUT2D eigenvalue weighted by Crippen LogP contribution is -2.25. The zero-order valence-corrected chi connectivity index (χ0v) is 10.8. The van der Waals surface area contributed by atoms with Gasteiger partial charge in [0.2, 0.25) is 0 Å². The van der Waals surface area contributed by atoms with Crippen LogP contribution in [-0.2, 0) is 0 Å². The predicted molar refractivity (Wildman–Crippen MR) is 71.2 cm³/mol. The molecule has 0 aromatic heterocycles. The lowest BCUT2D eigenvalue weighted by atomic mass is 9.87. The first-order valence-electron chi connectivity index (χ1n) is 6.18. The number of benzene rings is 1. The molecule has 1 aliphatic carbocycles. The van der Waals surface area contributed by atoms with Gasteiger partial charge in [0.15, 0.2) is 0 Å². The van der Waals surface area contributed by atoms with E-state index in [0.717, 1.165) is 16.6 Å². The van der Waals surface area contributed by atoms with Crippen molar-refractivity contribution in [1.82, 2.24) is 0 Å². The molecule has 16 heavy (non-hydrogen) atoms. The van der Waals surface area contributed by atoms with E-state index in [9.17, 15) is 0 Å². The quantitative estimate of drug-likeness (QED) is 0.790. The average Bonchev–Trinajstić information content (AvgIpc) is 2.26. The topological polar surface area (TPSA) is 12.0 Å². The van der Waals surface area contributed by atoms with Gasteiger partial charge in [-0.15, -0.1) is 0 Å². The summed E-state index contributed by atoms with van der Waals surface area (Å²) in [6.45, 7) is 4.45. The second-order valence-electron chi connectivity index (χ2n) is 5.03. The predicted octanol–water partition coefficient (Wildman–Crippen LogP) is 4.64. The highest BCUT2D eigenvalue weighted by Gasteiger charge is 2.19. The van der Waals surface area contributed by atoms with Crippen molar-refractivity contribution in [3.8, 4) is 0 Å². The molecule has 1 fully saturated rings. The van der Waals surface area contributed by atoms with Gasteiger partial charge in [-0.3, -0.25) is 0 Å². The first kappa shape index (κ1) is 11.8. The number of nitrogens with one attached hydrogen (secondary N) is 1. The number of aryl methyl sites for hydroxylation is 1. The minimum absolute atomic E-state index is 0.606. The third kappa shape index (κ3) is 2.70. The third-order valence-electron chi connectivity index (χ3n) is 3.59. The van der Waals surface area contributed by atoms with Gasteiger partial charge in [0.1, 0.15) is 0 Å². The van der Waals surface area contributed by atoms with Crippen LogP contribution in [0.2, 0.25) is 5.02 Å². The molecule has 0 aliphatic heterocycles. The molecule has 0 heterocycles. The van der Waals surface area contributed by atoms with E-state index in [1.165, 1.54) is 31.2 Å². The third-order valence-corrected chi connectivity index (χ3v) is 3.90. The number of para-hydroxylation sites is 1. The fourth-order valence-electron chi connectivity index (χ4n) is 2.42. The van der Waals surface area contributed by atoms with Gasteiger partial charge in [0, 0.05) is 6.04 Å². The largest absolute Gasteiger partial charge is 0.381 e. The summed E-state index contributed by atoms with van der Waals surface area (Å²) in [5.74, 6) is 0.894. The molecular weight excluding hydrogens is 218 g/mol. The number of hydrogen-bond acceptors (Lipinski definition) is 1. The fraction of sp³-hybridized carbons (Fsp3) is 0.571. The van der Waals surface area contributed by atoms with Crippen LogP contribution in [0, 0.1) is 12.8 Å². The summed E-state index contributed by atoms with van der Waals surface area (Å²) in [6.07, 6.45) is 5.21. The number of rotatable bonds is 2. The standard InChI is InChI=1S/C14H20ClN/c1-10-6-8-12(9-7-10)16-14-11(2)4-3-5-13(14)15/h3-5,10,12,16H,6-9H2,1-2H3. The molecule has 1 aromatic rings. The van der Waals surface area contributed by atoms with Crippen molar-refractivity contribution in [2.24, 2.45) is 5.92 Å². The summed E-state index contributed by atoms with van der Waals surface area (Å²) < 4.78 is 0. The summed E-state index contributed by atoms with van der Waals surface area (Å²) in [5, 5.41) is 4.45. The van der Waals surface area contributed by atoms with Crippen molar-refractivity contribution in [3.63, 3.8) is 0 Å². The highest BCUT2D eigenvalue weighted by Crippen LogP contribution is 2.30. The maximum atomic E-state index is 6.21. The van der Waals surface area contributed by atoms with Gasteiger partial charge >= 0.3 is 0 Å². The maximum absolute atomic E-state index is 6.21. The number of anilines is 1. The van der Waals surface area contributed by atoms with E-state index in [0.29, 0.717) is 6.04 Å². The molecule has 0 atom stereocenters. The van der Waals surface area contributed by atoms with Gasteiger partial charge in [-0.05, 0) is 50.2 Å². The van der Waals surface area contributed by atoms with Crippen LogP contribution >= 0.6 is 11.6 Å². The van der Waals surface area contributed by atoms with E-state index >= 15 is 0 Å². The molecule has 1 aliphatic rings. The molecule has 2 heteroatoms. The highest BCUT2D eigenvalue weighted by atomic mass is 35.5. The first-order chi connectivity index (χ1) is 7.66. The minimum Gasteiger partial charge on any atom is -0.381 e. The summed E-state index contributed by atoms with van der Waals surface area (Å²) in [5.41, 5.74) is 2.37. The van der Waals surface area contributed by atoms with Gasteiger partial charge < -0.3 is 5.32 Å². The van der Waals surface area contributed by atoms with E-state index in [1.54, 1.807) is 0 Å². The smallest absolute Gasteiger partial charge is 0.0640 e. The van der Waals surface area contributed by atoms with Gasteiger partial charge in [-0.2, -0.15) is 0 Å². The van der Waals surface area contributed by atoms with Gasteiger partial charge in [0.05, 0.1) is 10.7 Å². The zero-order valence-electron chi connectivity index (χ0n) is 10.1. The van der Waals surface area contributed by atoms with Crippen LogP contribution in [0.3, 0.4) is 0 Å². The normalized spacial score (nSPS) is 25.4. The van der Waals surface area contributed by atoms with Crippen LogP contribution in [0.1, 0.15) is 38.2 Å². The molecule has 1 aromatic carbocycles. The second-order valence-corrected chi connectivity index (χ2v) is 5.44. The Labute approximate surface area is 103 Å². The van der Waals surface area contributed by atoms with E-state index in [-0.39, 0.29) is 0 Å². The Kier molecular flexibility index (Phi) is 3.75. The Hall–Kier alpha value is -0.690. The molecule has 2 rings (SSSR count). The minimum atomic E-state index is 0.606. The monoisotopic (exact) mass is 237 g/mol. The van der Waals surface area contributed by atoms with E-state index in [1.807, 2.05) is 12.1 Å². The lowest BCUT2D eigenvalue weighted by Gasteiger charge is -2.28. The van der Waals surface area contributed by atoms with Crippen LogP contribution in [0.15, 0.2) is 18.2 Å². The van der Waals surface area contributed by atoms with E-state index < -0.39 is 0 Å². The SMILES string of the molecule is Cc1cccc(Cl)c1NC1CCC(C)CC1. The van der Waals surface area contributed by atoms with Crippen molar-refractivity contribution < 1.29 is 0 Å². The molecule has 0 bridgehead atoms. The molecule has 1 N–H and O–H groups in total. The Morgan fingerprint density at radius 3 is 2.50 bits per heavy atom. The zero-order chi connectivity index (χ0) is 11.5. The van der Waals surface area contributed by atoms with Crippen LogP contribution < -0.4 is 5.32 Å². The summed E-state index contributed by atoms with van der Waals surface area (Å²) in [4.78, 5) is 0. The molecule has 0 unspecified atom stereocenters. The fourth-order valence-corrected chi connectivity index (χ4v) is 2.70. The molecular formula is C14H20ClN. The number of hydrogen-bond donors (Lipinski definition) is 1. The molecule has 1 saturated carbocycles. The Bertz CT molecular complexity index is 334. The van der Waals surface area contributed by atoms with Gasteiger partial charge in [-0.25, -0.2) is 0 Å². The Balaban J connectivity index is 2.04. The first-order valence-corrected chi connectivity index (χ1v) is 6.56. The van der Waals surface area contributed by atoms with Crippen LogP contribution in [-0.4, -0.2) is 6.04 Å². The number of halogens is 1. The maximum Gasteiger partial charge on any atom is 0.0640 e. The van der Waals surface area contributed by atoms with Crippen molar-refractivity contribution in [3.05, 3.63) is 28.8 Å². The average molecular weight is 238 g/mol. The second kappa shape index (κ2) is 5.09. The Morgan fingerprint density at radius 2 is 1.88 bits per heavy atom. The molecule has 1 nitrogen and oxygen atoms in total. The van der Waals surface area contributed by atoms with Crippen molar-refractivity contribution in [2.45, 2.75) is 45.6 Å². The van der Waals surface area contributed by atoms with Gasteiger partial charge in [0.25, 0.3) is 0 Å². The molecule has 0 amide bonds. The molecule has 0 radical (unpaired) electrons. The van der Waals surface area contributed by atoms with E-state index in [4.69, 9.17) is 11.6 Å². The Morgan fingerprint density at radius 1 is 1.19 bits per heavy atom. The lowest BCUT2D eigenvalue weighted by molar-refractivity contribution is 0.361. The van der Waals surface area contributed by atoms with Crippen molar-refractivity contribution >= 4 is 17.3 Å². The molecule has 88 valence electrons. The molecule has 0 spiro atoms. The van der Waals surface area contributed by atoms with Gasteiger partial charge in [-0.1, -0.05) is 30.7 Å². The van der Waals surface area contributed by atoms with E-state index in [2.05, 4.69) is 25.2 Å². The summed E-state index contributed by atoms with van der Waals surface area (Å²) in [6, 6.07) is 6.68. The molecule has 0 saturated heterocycles. The van der Waals surface area contributed by atoms with Crippen molar-refractivity contribution in [2.75, 3.05) is 5.32 Å². The van der Waals surface area contributed by atoms with Crippen LogP contribution in [0.25, 0.3) is 0 Å². The van der Waals surface area contributed by atoms with Crippen LogP contribution in [0.5, 0.6) is 0 Å². The van der Waals surface area contributed by atoms with Crippen LogP contribution in [0.4, 0.5) is 5.69 Å². The van der Waals surface area contributed by atoms with Crippen molar-refractivity contribution in [1.29, 1.82) is 0 Å². The highest BCUT2D eigenvalue weighted by molar-refractivity contribution is 6.33. The summed E-state index contributed by atoms with van der Waals surface area (Å²) in [7, 11) is 0.